The zero-order valence-electron chi connectivity index (χ0n) is 18.6. The number of alkyl halides is 3. The standard InChI is InChI=1S/C25H31F3N2O2/c1-31-22-20(25(26,27)28)16-19(17-30-22)8-2-4-10-23(21-9-3-7-14-29-21)13-15-32-24(18-23)11-5-6-12-24/h3,7,9,14,16-17H,2,4-6,8,10-13,15,18H2,1H3/t23-/m1/s1. The zero-order chi connectivity index (χ0) is 22.7. The van der Waals surface area contributed by atoms with Gasteiger partial charge in [-0.2, -0.15) is 13.2 Å². The Morgan fingerprint density at radius 2 is 1.91 bits per heavy atom. The highest BCUT2D eigenvalue weighted by atomic mass is 19.4. The van der Waals surface area contributed by atoms with Gasteiger partial charge in [-0.1, -0.05) is 25.3 Å². The summed E-state index contributed by atoms with van der Waals surface area (Å²) in [5, 5.41) is 0. The lowest BCUT2D eigenvalue weighted by atomic mass is 9.67. The van der Waals surface area contributed by atoms with E-state index < -0.39 is 11.7 Å². The summed E-state index contributed by atoms with van der Waals surface area (Å²) in [7, 11) is 1.21. The summed E-state index contributed by atoms with van der Waals surface area (Å²) in [6.07, 6.45) is 8.68. The van der Waals surface area contributed by atoms with Gasteiger partial charge < -0.3 is 9.47 Å². The Morgan fingerprint density at radius 3 is 2.59 bits per heavy atom. The van der Waals surface area contributed by atoms with Crippen molar-refractivity contribution in [2.24, 2.45) is 0 Å². The highest BCUT2D eigenvalue weighted by molar-refractivity contribution is 5.32. The molecule has 0 radical (unpaired) electrons. The molecule has 0 amide bonds. The lowest BCUT2D eigenvalue weighted by molar-refractivity contribution is -0.139. The minimum atomic E-state index is -4.48. The molecule has 1 atom stereocenters. The van der Waals surface area contributed by atoms with Crippen molar-refractivity contribution in [2.45, 2.75) is 81.4 Å². The predicted octanol–water partition coefficient (Wildman–Crippen LogP) is 6.28. The lowest BCUT2D eigenvalue weighted by Crippen LogP contribution is -2.46. The van der Waals surface area contributed by atoms with Gasteiger partial charge in [-0.3, -0.25) is 4.98 Å². The molecule has 4 nitrogen and oxygen atoms in total. The number of hydrogen-bond donors (Lipinski definition) is 0. The van der Waals surface area contributed by atoms with Crippen LogP contribution >= 0.6 is 0 Å². The molecule has 4 rings (SSSR count). The highest BCUT2D eigenvalue weighted by Crippen LogP contribution is 2.50. The molecule has 1 aliphatic heterocycles. The molecule has 2 aliphatic rings. The van der Waals surface area contributed by atoms with Gasteiger partial charge in [-0.25, -0.2) is 4.98 Å². The van der Waals surface area contributed by atoms with Crippen molar-refractivity contribution in [3.05, 3.63) is 53.5 Å². The molecule has 1 aliphatic carbocycles. The normalized spacial score (nSPS) is 22.9. The molecule has 1 spiro atoms. The van der Waals surface area contributed by atoms with E-state index in [1.807, 2.05) is 18.3 Å². The quantitative estimate of drug-likeness (QED) is 0.468. The van der Waals surface area contributed by atoms with Crippen LogP contribution in [0, 0.1) is 0 Å². The maximum atomic E-state index is 13.3. The van der Waals surface area contributed by atoms with E-state index in [1.54, 1.807) is 0 Å². The molecule has 0 bridgehead atoms. The maximum absolute atomic E-state index is 13.3. The molecule has 32 heavy (non-hydrogen) atoms. The molecule has 2 aromatic heterocycles. The minimum Gasteiger partial charge on any atom is -0.481 e. The molecule has 0 N–H and O–H groups in total. The fourth-order valence-corrected chi connectivity index (χ4v) is 5.59. The van der Waals surface area contributed by atoms with Gasteiger partial charge in [0, 0.05) is 30.1 Å². The lowest BCUT2D eigenvalue weighted by Gasteiger charge is -2.46. The number of halogens is 3. The summed E-state index contributed by atoms with van der Waals surface area (Å²) in [5.74, 6) is -0.376. The van der Waals surface area contributed by atoms with E-state index in [0.29, 0.717) is 12.0 Å². The van der Waals surface area contributed by atoms with Crippen LogP contribution in [0.1, 0.15) is 74.6 Å². The van der Waals surface area contributed by atoms with Crippen molar-refractivity contribution in [2.75, 3.05) is 13.7 Å². The Morgan fingerprint density at radius 1 is 1.09 bits per heavy atom. The molecule has 2 fully saturated rings. The Bertz CT molecular complexity index is 898. The van der Waals surface area contributed by atoms with Crippen molar-refractivity contribution in [1.82, 2.24) is 9.97 Å². The monoisotopic (exact) mass is 448 g/mol. The molecule has 2 aromatic rings. The molecule has 7 heteroatoms. The summed E-state index contributed by atoms with van der Waals surface area (Å²) in [5.41, 5.74) is 0.843. The third-order valence-electron chi connectivity index (χ3n) is 7.15. The number of ether oxygens (including phenoxy) is 2. The van der Waals surface area contributed by atoms with Gasteiger partial charge in [0.15, 0.2) is 0 Å². The summed E-state index contributed by atoms with van der Waals surface area (Å²) in [4.78, 5) is 8.59. The zero-order valence-corrected chi connectivity index (χ0v) is 18.6. The van der Waals surface area contributed by atoms with Crippen LogP contribution in [-0.4, -0.2) is 29.3 Å². The third-order valence-corrected chi connectivity index (χ3v) is 7.15. The fourth-order valence-electron chi connectivity index (χ4n) is 5.59. The van der Waals surface area contributed by atoms with E-state index in [1.165, 1.54) is 32.2 Å². The first-order chi connectivity index (χ1) is 15.4. The van der Waals surface area contributed by atoms with Gasteiger partial charge in [0.05, 0.1) is 12.7 Å². The molecular weight excluding hydrogens is 417 g/mol. The van der Waals surface area contributed by atoms with Crippen LogP contribution < -0.4 is 4.74 Å². The Balaban J connectivity index is 1.45. The number of pyridine rings is 2. The minimum absolute atomic E-state index is 0.0286. The number of hydrogen-bond acceptors (Lipinski definition) is 4. The number of aromatic nitrogens is 2. The van der Waals surface area contributed by atoms with E-state index in [9.17, 15) is 13.2 Å². The predicted molar refractivity (Wildman–Crippen MR) is 116 cm³/mol. The SMILES string of the molecule is COc1ncc(CCCC[C@@]2(c3ccccn3)CCOC3(CCCC3)C2)cc1C(F)(F)F. The molecule has 0 unspecified atom stereocenters. The summed E-state index contributed by atoms with van der Waals surface area (Å²) in [6.45, 7) is 0.744. The van der Waals surface area contributed by atoms with Crippen molar-refractivity contribution in [3.8, 4) is 5.88 Å². The summed E-state index contributed by atoms with van der Waals surface area (Å²) < 4.78 is 51.0. The van der Waals surface area contributed by atoms with Gasteiger partial charge >= 0.3 is 6.18 Å². The average molecular weight is 449 g/mol. The second-order valence-corrected chi connectivity index (χ2v) is 9.27. The highest BCUT2D eigenvalue weighted by Gasteiger charge is 2.48. The average Bonchev–Trinajstić information content (AvgIpc) is 3.24. The summed E-state index contributed by atoms with van der Waals surface area (Å²) in [6, 6.07) is 7.28. The molecule has 3 heterocycles. The third kappa shape index (κ3) is 4.92. The Labute approximate surface area is 187 Å². The Kier molecular flexibility index (Phi) is 6.75. The smallest absolute Gasteiger partial charge is 0.421 e. The number of aryl methyl sites for hydroxylation is 1. The second-order valence-electron chi connectivity index (χ2n) is 9.27. The van der Waals surface area contributed by atoms with Crippen LogP contribution in [0.25, 0.3) is 0 Å². The maximum Gasteiger partial charge on any atom is 0.421 e. The van der Waals surface area contributed by atoms with E-state index in [0.717, 1.165) is 57.2 Å². The molecule has 0 aromatic carbocycles. The number of rotatable bonds is 7. The van der Waals surface area contributed by atoms with Crippen molar-refractivity contribution >= 4 is 0 Å². The topological polar surface area (TPSA) is 44.2 Å². The largest absolute Gasteiger partial charge is 0.481 e. The molecule has 174 valence electrons. The fraction of sp³-hybridized carbons (Fsp3) is 0.600. The van der Waals surface area contributed by atoms with Gasteiger partial charge in [0.1, 0.15) is 5.56 Å². The molecular formula is C25H31F3N2O2. The van der Waals surface area contributed by atoms with Gasteiger partial charge in [0.25, 0.3) is 0 Å². The van der Waals surface area contributed by atoms with Crippen LogP contribution in [0.4, 0.5) is 13.2 Å². The first-order valence-corrected chi connectivity index (χ1v) is 11.5. The Hall–Kier alpha value is -2.15. The van der Waals surface area contributed by atoms with E-state index in [-0.39, 0.29) is 16.9 Å². The number of methoxy groups -OCH3 is 1. The van der Waals surface area contributed by atoms with Crippen LogP contribution in [0.15, 0.2) is 36.7 Å². The first-order valence-electron chi connectivity index (χ1n) is 11.5. The van der Waals surface area contributed by atoms with Gasteiger partial charge in [-0.05, 0) is 68.7 Å². The summed E-state index contributed by atoms with van der Waals surface area (Å²) >= 11 is 0. The second kappa shape index (κ2) is 9.38. The van der Waals surface area contributed by atoms with E-state index in [4.69, 9.17) is 14.5 Å². The van der Waals surface area contributed by atoms with Crippen LogP contribution in [-0.2, 0) is 22.7 Å². The van der Waals surface area contributed by atoms with E-state index in [2.05, 4.69) is 11.1 Å². The van der Waals surface area contributed by atoms with Crippen molar-refractivity contribution in [1.29, 1.82) is 0 Å². The van der Waals surface area contributed by atoms with Gasteiger partial charge in [-0.15, -0.1) is 0 Å². The van der Waals surface area contributed by atoms with Crippen LogP contribution in [0.5, 0.6) is 5.88 Å². The van der Waals surface area contributed by atoms with Gasteiger partial charge in [0.2, 0.25) is 5.88 Å². The number of unbranched alkanes of at least 4 members (excludes halogenated alkanes) is 1. The van der Waals surface area contributed by atoms with Crippen molar-refractivity contribution in [3.63, 3.8) is 0 Å². The number of nitrogens with zero attached hydrogens (tertiary/aromatic N) is 2. The van der Waals surface area contributed by atoms with Crippen LogP contribution in [0.2, 0.25) is 0 Å². The van der Waals surface area contributed by atoms with Crippen molar-refractivity contribution < 1.29 is 22.6 Å². The first kappa shape index (κ1) is 23.0. The molecule has 1 saturated heterocycles. The van der Waals surface area contributed by atoms with E-state index >= 15 is 0 Å². The molecule has 1 saturated carbocycles. The van der Waals surface area contributed by atoms with Crippen LogP contribution in [0.3, 0.4) is 0 Å².